The van der Waals surface area contributed by atoms with E-state index in [0.29, 0.717) is 27.7 Å². The minimum absolute atomic E-state index is 0.174. The zero-order valence-corrected chi connectivity index (χ0v) is 11.5. The van der Waals surface area contributed by atoms with Crippen LogP contribution in [0.3, 0.4) is 0 Å². The van der Waals surface area contributed by atoms with E-state index in [2.05, 4.69) is 20.0 Å². The van der Waals surface area contributed by atoms with E-state index in [9.17, 15) is 0 Å². The fraction of sp³-hybridized carbons (Fsp3) is 0.167. The fourth-order valence-electron chi connectivity index (χ4n) is 1.63. The standard InChI is InChI=1S/C12H10ClN5O2/c1-19-10-6-15-12(20-2)16-11(10)8-5-7(13)3-4-9(8)17-18-14/h3-6H,1-2H3. The highest BCUT2D eigenvalue weighted by atomic mass is 35.5. The van der Waals surface area contributed by atoms with E-state index >= 15 is 0 Å². The number of halogens is 1. The summed E-state index contributed by atoms with van der Waals surface area (Å²) in [5.74, 6) is 0.419. The number of benzene rings is 1. The Labute approximate surface area is 119 Å². The van der Waals surface area contributed by atoms with Crippen LogP contribution >= 0.6 is 11.6 Å². The smallest absolute Gasteiger partial charge is 0.316 e. The van der Waals surface area contributed by atoms with Gasteiger partial charge in [0.2, 0.25) is 0 Å². The molecule has 0 N–H and O–H groups in total. The summed E-state index contributed by atoms with van der Waals surface area (Å²) in [7, 11) is 2.95. The highest BCUT2D eigenvalue weighted by Crippen LogP contribution is 2.37. The number of ether oxygens (including phenoxy) is 2. The van der Waals surface area contributed by atoms with Gasteiger partial charge in [-0.2, -0.15) is 9.97 Å². The number of rotatable bonds is 4. The molecule has 1 aromatic carbocycles. The Morgan fingerprint density at radius 3 is 2.75 bits per heavy atom. The second-order valence-electron chi connectivity index (χ2n) is 3.62. The lowest BCUT2D eigenvalue weighted by Gasteiger charge is -2.10. The van der Waals surface area contributed by atoms with Crippen LogP contribution in [0, 0.1) is 0 Å². The number of azide groups is 1. The molecule has 0 aliphatic heterocycles. The molecule has 1 aromatic heterocycles. The normalized spacial score (nSPS) is 9.75. The van der Waals surface area contributed by atoms with Crippen LogP contribution in [-0.2, 0) is 0 Å². The number of methoxy groups -OCH3 is 2. The monoisotopic (exact) mass is 291 g/mol. The molecule has 20 heavy (non-hydrogen) atoms. The molecule has 102 valence electrons. The maximum atomic E-state index is 8.62. The molecule has 0 atom stereocenters. The largest absolute Gasteiger partial charge is 0.493 e. The molecule has 0 fully saturated rings. The molecular weight excluding hydrogens is 282 g/mol. The highest BCUT2D eigenvalue weighted by molar-refractivity contribution is 6.31. The average molecular weight is 292 g/mol. The Bertz CT molecular complexity index is 686. The molecule has 1 heterocycles. The molecule has 0 bridgehead atoms. The minimum Gasteiger partial charge on any atom is -0.493 e. The van der Waals surface area contributed by atoms with Crippen LogP contribution in [0.15, 0.2) is 29.5 Å². The lowest BCUT2D eigenvalue weighted by molar-refractivity contribution is 0.371. The van der Waals surface area contributed by atoms with E-state index in [-0.39, 0.29) is 6.01 Å². The summed E-state index contributed by atoms with van der Waals surface area (Å²) in [6.07, 6.45) is 1.47. The molecule has 7 nitrogen and oxygen atoms in total. The fourth-order valence-corrected chi connectivity index (χ4v) is 1.80. The van der Waals surface area contributed by atoms with Crippen LogP contribution in [-0.4, -0.2) is 24.2 Å². The summed E-state index contributed by atoms with van der Waals surface area (Å²) in [6.45, 7) is 0. The zero-order chi connectivity index (χ0) is 14.5. The third-order valence-electron chi connectivity index (χ3n) is 2.50. The molecule has 0 unspecified atom stereocenters. The quantitative estimate of drug-likeness (QED) is 0.487. The third-order valence-corrected chi connectivity index (χ3v) is 2.74. The summed E-state index contributed by atoms with van der Waals surface area (Å²) in [6, 6.07) is 5.04. The molecule has 2 rings (SSSR count). The van der Waals surface area contributed by atoms with E-state index in [4.69, 9.17) is 26.6 Å². The van der Waals surface area contributed by atoms with Crippen molar-refractivity contribution in [3.63, 3.8) is 0 Å². The van der Waals surface area contributed by atoms with Gasteiger partial charge in [-0.3, -0.25) is 0 Å². The minimum atomic E-state index is 0.174. The van der Waals surface area contributed by atoms with Gasteiger partial charge in [-0.25, -0.2) is 0 Å². The van der Waals surface area contributed by atoms with Gasteiger partial charge in [0, 0.05) is 21.2 Å². The Morgan fingerprint density at radius 2 is 2.10 bits per heavy atom. The Balaban J connectivity index is 2.71. The zero-order valence-electron chi connectivity index (χ0n) is 10.7. The first-order valence-electron chi connectivity index (χ1n) is 5.49. The van der Waals surface area contributed by atoms with E-state index in [1.54, 1.807) is 18.2 Å². The van der Waals surface area contributed by atoms with E-state index in [0.717, 1.165) is 0 Å². The molecule has 0 saturated carbocycles. The van der Waals surface area contributed by atoms with Gasteiger partial charge in [0.05, 0.1) is 20.4 Å². The van der Waals surface area contributed by atoms with Crippen LogP contribution in [0.5, 0.6) is 11.8 Å². The molecule has 0 radical (unpaired) electrons. The second-order valence-corrected chi connectivity index (χ2v) is 4.06. The molecular formula is C12H10ClN5O2. The Kier molecular flexibility index (Phi) is 4.24. The van der Waals surface area contributed by atoms with Gasteiger partial charge in [-0.05, 0) is 17.7 Å². The molecule has 0 aliphatic carbocycles. The van der Waals surface area contributed by atoms with Crippen LogP contribution in [0.1, 0.15) is 0 Å². The lowest BCUT2D eigenvalue weighted by atomic mass is 10.1. The second kappa shape index (κ2) is 6.10. The molecule has 0 amide bonds. The predicted molar refractivity (Wildman–Crippen MR) is 74.4 cm³/mol. The van der Waals surface area contributed by atoms with Crippen LogP contribution in [0.4, 0.5) is 5.69 Å². The molecule has 2 aromatic rings. The van der Waals surface area contributed by atoms with Crippen molar-refractivity contribution in [1.82, 2.24) is 9.97 Å². The maximum Gasteiger partial charge on any atom is 0.316 e. The van der Waals surface area contributed by atoms with Crippen LogP contribution in [0.2, 0.25) is 5.02 Å². The topological polar surface area (TPSA) is 93.0 Å². The Morgan fingerprint density at radius 1 is 1.30 bits per heavy atom. The number of hydrogen-bond acceptors (Lipinski definition) is 5. The molecule has 0 aliphatic rings. The highest BCUT2D eigenvalue weighted by Gasteiger charge is 2.14. The van der Waals surface area contributed by atoms with Crippen molar-refractivity contribution < 1.29 is 9.47 Å². The first-order chi connectivity index (χ1) is 9.69. The van der Waals surface area contributed by atoms with Crippen LogP contribution in [0.25, 0.3) is 21.7 Å². The number of aromatic nitrogens is 2. The van der Waals surface area contributed by atoms with Gasteiger partial charge in [0.1, 0.15) is 5.69 Å². The summed E-state index contributed by atoms with van der Waals surface area (Å²) in [5.41, 5.74) is 9.98. The number of nitrogens with zero attached hydrogens (tertiary/aromatic N) is 5. The molecule has 0 saturated heterocycles. The first-order valence-corrected chi connectivity index (χ1v) is 5.87. The maximum absolute atomic E-state index is 8.62. The predicted octanol–water partition coefficient (Wildman–Crippen LogP) is 3.76. The van der Waals surface area contributed by atoms with Gasteiger partial charge >= 0.3 is 6.01 Å². The van der Waals surface area contributed by atoms with Crippen molar-refractivity contribution in [3.05, 3.63) is 39.9 Å². The molecule has 0 spiro atoms. The lowest BCUT2D eigenvalue weighted by Crippen LogP contribution is -1.97. The van der Waals surface area contributed by atoms with Crippen molar-refractivity contribution >= 4 is 17.3 Å². The SMILES string of the molecule is COc1ncc(OC)c(-c2cc(Cl)ccc2N=[N+]=[N-])n1. The van der Waals surface area contributed by atoms with Crippen molar-refractivity contribution in [1.29, 1.82) is 0 Å². The van der Waals surface area contributed by atoms with E-state index < -0.39 is 0 Å². The van der Waals surface area contributed by atoms with Crippen molar-refractivity contribution in [2.75, 3.05) is 14.2 Å². The summed E-state index contributed by atoms with van der Waals surface area (Å²) >= 11 is 5.99. The van der Waals surface area contributed by atoms with Crippen molar-refractivity contribution in [2.45, 2.75) is 0 Å². The van der Waals surface area contributed by atoms with Gasteiger partial charge in [0.25, 0.3) is 0 Å². The first kappa shape index (κ1) is 13.9. The van der Waals surface area contributed by atoms with Gasteiger partial charge in [-0.15, -0.1) is 0 Å². The van der Waals surface area contributed by atoms with Gasteiger partial charge in [-0.1, -0.05) is 22.8 Å². The average Bonchev–Trinajstić information content (AvgIpc) is 2.48. The van der Waals surface area contributed by atoms with Crippen molar-refractivity contribution in [2.24, 2.45) is 5.11 Å². The summed E-state index contributed by atoms with van der Waals surface area (Å²) < 4.78 is 10.2. The summed E-state index contributed by atoms with van der Waals surface area (Å²) in [5, 5.41) is 4.10. The van der Waals surface area contributed by atoms with Crippen molar-refractivity contribution in [3.8, 4) is 23.0 Å². The third kappa shape index (κ3) is 2.74. The Hall–Kier alpha value is -2.50. The molecule has 8 heteroatoms. The van der Waals surface area contributed by atoms with E-state index in [1.807, 2.05) is 0 Å². The van der Waals surface area contributed by atoms with Gasteiger partial charge in [0.15, 0.2) is 5.75 Å². The van der Waals surface area contributed by atoms with Gasteiger partial charge < -0.3 is 9.47 Å². The van der Waals surface area contributed by atoms with E-state index in [1.165, 1.54) is 20.4 Å². The van der Waals surface area contributed by atoms with Crippen LogP contribution < -0.4 is 9.47 Å². The summed E-state index contributed by atoms with van der Waals surface area (Å²) in [4.78, 5) is 11.0. The number of hydrogen-bond donors (Lipinski definition) is 0.